The number of carbonyl (C=O) groups excluding carboxylic acids is 1. The summed E-state index contributed by atoms with van der Waals surface area (Å²) in [6.07, 6.45) is 4.67. The Morgan fingerprint density at radius 2 is 1.95 bits per heavy atom. The van der Waals surface area contributed by atoms with E-state index in [1.807, 2.05) is 6.07 Å². The maximum absolute atomic E-state index is 12.1. The van der Waals surface area contributed by atoms with Crippen LogP contribution in [0.4, 0.5) is 0 Å². The third kappa shape index (κ3) is 3.61. The van der Waals surface area contributed by atoms with Crippen LogP contribution in [0, 0.1) is 11.3 Å². The van der Waals surface area contributed by atoms with Crippen molar-refractivity contribution >= 4 is 11.8 Å². The van der Waals surface area contributed by atoms with E-state index < -0.39 is 17.5 Å². The SMILES string of the molecule is N#Cc1cc(C2CCCCC2)nc(C(=O)CCC(=O)O)c1O. The summed E-state index contributed by atoms with van der Waals surface area (Å²) in [6, 6.07) is 3.42. The normalized spacial score (nSPS) is 15.2. The molecule has 1 aliphatic carbocycles. The molecule has 0 aliphatic heterocycles. The monoisotopic (exact) mass is 302 g/mol. The van der Waals surface area contributed by atoms with Gasteiger partial charge in [-0.3, -0.25) is 9.59 Å². The van der Waals surface area contributed by atoms with Gasteiger partial charge >= 0.3 is 5.97 Å². The number of ketones is 1. The zero-order chi connectivity index (χ0) is 16.1. The van der Waals surface area contributed by atoms with E-state index in [0.29, 0.717) is 5.69 Å². The first-order valence-corrected chi connectivity index (χ1v) is 7.42. The molecule has 0 saturated heterocycles. The Balaban J connectivity index is 2.33. The second-order valence-electron chi connectivity index (χ2n) is 5.56. The van der Waals surface area contributed by atoms with Crippen molar-refractivity contribution in [3.8, 4) is 11.8 Å². The molecule has 1 aromatic heterocycles. The second kappa shape index (κ2) is 7.03. The van der Waals surface area contributed by atoms with E-state index in [-0.39, 0.29) is 30.0 Å². The Morgan fingerprint density at radius 3 is 2.55 bits per heavy atom. The predicted octanol–water partition coefficient (Wildman–Crippen LogP) is 2.75. The lowest BCUT2D eigenvalue weighted by atomic mass is 9.86. The van der Waals surface area contributed by atoms with Gasteiger partial charge in [-0.25, -0.2) is 4.98 Å². The summed E-state index contributed by atoms with van der Waals surface area (Å²) in [5.41, 5.74) is 0.489. The van der Waals surface area contributed by atoms with Crippen LogP contribution in [0.1, 0.15) is 72.6 Å². The number of aromatic nitrogens is 1. The van der Waals surface area contributed by atoms with E-state index in [0.717, 1.165) is 25.7 Å². The fourth-order valence-electron chi connectivity index (χ4n) is 2.78. The van der Waals surface area contributed by atoms with Crippen LogP contribution in [-0.2, 0) is 4.79 Å². The van der Waals surface area contributed by atoms with Crippen LogP contribution < -0.4 is 0 Å². The summed E-state index contributed by atoms with van der Waals surface area (Å²) in [4.78, 5) is 26.9. The average Bonchev–Trinajstić information content (AvgIpc) is 2.53. The van der Waals surface area contributed by atoms with Crippen molar-refractivity contribution < 1.29 is 19.8 Å². The minimum atomic E-state index is -1.09. The number of aliphatic carboxylic acids is 1. The number of pyridine rings is 1. The maximum atomic E-state index is 12.1. The first kappa shape index (κ1) is 16.0. The van der Waals surface area contributed by atoms with Crippen molar-refractivity contribution in [2.75, 3.05) is 0 Å². The molecule has 0 atom stereocenters. The van der Waals surface area contributed by atoms with Gasteiger partial charge in [0.15, 0.2) is 11.5 Å². The summed E-state index contributed by atoms with van der Waals surface area (Å²) in [5.74, 6) is -1.89. The Morgan fingerprint density at radius 1 is 1.27 bits per heavy atom. The van der Waals surface area contributed by atoms with Gasteiger partial charge < -0.3 is 10.2 Å². The highest BCUT2D eigenvalue weighted by molar-refractivity contribution is 5.98. The quantitative estimate of drug-likeness (QED) is 0.809. The van der Waals surface area contributed by atoms with Crippen LogP contribution in [0.5, 0.6) is 5.75 Å². The van der Waals surface area contributed by atoms with E-state index in [9.17, 15) is 14.7 Å². The number of rotatable bonds is 5. The molecule has 116 valence electrons. The van der Waals surface area contributed by atoms with E-state index in [1.165, 1.54) is 6.42 Å². The molecule has 2 rings (SSSR count). The summed E-state index contributed by atoms with van der Waals surface area (Å²) >= 11 is 0. The fraction of sp³-hybridized carbons (Fsp3) is 0.500. The van der Waals surface area contributed by atoms with Crippen LogP contribution in [0.3, 0.4) is 0 Å². The molecule has 6 nitrogen and oxygen atoms in total. The van der Waals surface area contributed by atoms with Gasteiger partial charge in [0, 0.05) is 18.0 Å². The minimum Gasteiger partial charge on any atom is -0.504 e. The zero-order valence-corrected chi connectivity index (χ0v) is 12.2. The molecule has 1 heterocycles. The molecule has 0 aromatic carbocycles. The Kier molecular flexibility index (Phi) is 5.10. The number of aromatic hydroxyl groups is 1. The summed E-state index contributed by atoms with van der Waals surface area (Å²) in [5, 5.41) is 27.8. The van der Waals surface area contributed by atoms with E-state index in [2.05, 4.69) is 4.98 Å². The van der Waals surface area contributed by atoms with Crippen molar-refractivity contribution in [1.29, 1.82) is 5.26 Å². The van der Waals surface area contributed by atoms with E-state index >= 15 is 0 Å². The minimum absolute atomic E-state index is 0.0225. The highest BCUT2D eigenvalue weighted by Gasteiger charge is 2.23. The van der Waals surface area contributed by atoms with Gasteiger partial charge in [-0.1, -0.05) is 19.3 Å². The van der Waals surface area contributed by atoms with Crippen LogP contribution in [0.25, 0.3) is 0 Å². The number of hydrogen-bond donors (Lipinski definition) is 2. The van der Waals surface area contributed by atoms with Gasteiger partial charge in [0.1, 0.15) is 11.8 Å². The standard InChI is InChI=1S/C16H18N2O4/c17-9-11-8-12(10-4-2-1-3-5-10)18-15(16(11)22)13(19)6-7-14(20)21/h8,10,22H,1-7H2,(H,20,21). The molecule has 22 heavy (non-hydrogen) atoms. The molecule has 1 fully saturated rings. The first-order valence-electron chi connectivity index (χ1n) is 7.42. The van der Waals surface area contributed by atoms with Crippen molar-refractivity contribution in [2.24, 2.45) is 0 Å². The Hall–Kier alpha value is -2.42. The molecule has 0 amide bonds. The summed E-state index contributed by atoms with van der Waals surface area (Å²) in [6.45, 7) is 0. The highest BCUT2D eigenvalue weighted by Crippen LogP contribution is 2.34. The average molecular weight is 302 g/mol. The molecule has 1 aromatic rings. The number of hydrogen-bond acceptors (Lipinski definition) is 5. The zero-order valence-electron chi connectivity index (χ0n) is 12.2. The van der Waals surface area contributed by atoms with Crippen molar-refractivity contribution in [3.05, 3.63) is 23.0 Å². The number of carbonyl (C=O) groups is 2. The molecule has 1 saturated carbocycles. The van der Waals surface area contributed by atoms with Gasteiger partial charge in [0.25, 0.3) is 0 Å². The van der Waals surface area contributed by atoms with Crippen LogP contribution in [-0.4, -0.2) is 26.9 Å². The number of carboxylic acid groups (broad SMARTS) is 1. The highest BCUT2D eigenvalue weighted by atomic mass is 16.4. The van der Waals surface area contributed by atoms with Gasteiger partial charge in [-0.15, -0.1) is 0 Å². The predicted molar refractivity (Wildman–Crippen MR) is 77.6 cm³/mol. The van der Waals surface area contributed by atoms with Crippen molar-refractivity contribution in [2.45, 2.75) is 50.9 Å². The molecule has 0 spiro atoms. The lowest BCUT2D eigenvalue weighted by Gasteiger charge is -2.22. The Labute approximate surface area is 128 Å². The summed E-state index contributed by atoms with van der Waals surface area (Å²) in [7, 11) is 0. The van der Waals surface area contributed by atoms with Gasteiger partial charge in [-0.2, -0.15) is 5.26 Å². The topological polar surface area (TPSA) is 111 Å². The molecular weight excluding hydrogens is 284 g/mol. The van der Waals surface area contributed by atoms with E-state index in [4.69, 9.17) is 10.4 Å². The second-order valence-corrected chi connectivity index (χ2v) is 5.56. The lowest BCUT2D eigenvalue weighted by molar-refractivity contribution is -0.136. The molecule has 1 aliphatic rings. The van der Waals surface area contributed by atoms with E-state index in [1.54, 1.807) is 6.07 Å². The molecule has 2 N–H and O–H groups in total. The first-order chi connectivity index (χ1) is 10.5. The number of nitrogens with zero attached hydrogens (tertiary/aromatic N) is 2. The van der Waals surface area contributed by atoms with Crippen LogP contribution in [0.15, 0.2) is 6.07 Å². The summed E-state index contributed by atoms with van der Waals surface area (Å²) < 4.78 is 0. The van der Waals surface area contributed by atoms with Gasteiger partial charge in [0.05, 0.1) is 12.0 Å². The molecule has 6 heteroatoms. The van der Waals surface area contributed by atoms with Crippen molar-refractivity contribution in [3.63, 3.8) is 0 Å². The molecular formula is C16H18N2O4. The van der Waals surface area contributed by atoms with Crippen molar-refractivity contribution in [1.82, 2.24) is 4.98 Å². The van der Waals surface area contributed by atoms with Gasteiger partial charge in [0.2, 0.25) is 0 Å². The third-order valence-electron chi connectivity index (χ3n) is 3.99. The lowest BCUT2D eigenvalue weighted by Crippen LogP contribution is -2.12. The van der Waals surface area contributed by atoms with Crippen LogP contribution >= 0.6 is 0 Å². The molecule has 0 unspecified atom stereocenters. The Bertz CT molecular complexity index is 628. The van der Waals surface area contributed by atoms with Gasteiger partial charge in [-0.05, 0) is 18.9 Å². The number of nitriles is 1. The third-order valence-corrected chi connectivity index (χ3v) is 3.99. The largest absolute Gasteiger partial charge is 0.504 e. The number of Topliss-reactive ketones (excluding diaryl/α,β-unsaturated/α-hetero) is 1. The molecule has 0 radical (unpaired) electrons. The number of carboxylic acids is 1. The maximum Gasteiger partial charge on any atom is 0.303 e. The fourth-order valence-corrected chi connectivity index (χ4v) is 2.78. The smallest absolute Gasteiger partial charge is 0.303 e. The van der Waals surface area contributed by atoms with Crippen LogP contribution in [0.2, 0.25) is 0 Å². The molecule has 0 bridgehead atoms.